The van der Waals surface area contributed by atoms with Gasteiger partial charge in [0, 0.05) is 39.7 Å². The summed E-state index contributed by atoms with van der Waals surface area (Å²) in [4.78, 5) is 24.9. The number of amides is 2. The van der Waals surface area contributed by atoms with Crippen LogP contribution in [0.2, 0.25) is 0 Å². The molecular weight excluding hydrogens is 276 g/mol. The Hall–Kier alpha value is -0.760. The maximum atomic E-state index is 11.0. The first-order chi connectivity index (χ1) is 8.45. The summed E-state index contributed by atoms with van der Waals surface area (Å²) in [6, 6.07) is 0. The van der Waals surface area contributed by atoms with Gasteiger partial charge >= 0.3 is 12.2 Å². The van der Waals surface area contributed by atoms with Crippen LogP contribution >= 0.6 is 21.6 Å². The second kappa shape index (κ2) is 10.2. The van der Waals surface area contributed by atoms with Crippen LogP contribution in [0.3, 0.4) is 0 Å². The van der Waals surface area contributed by atoms with E-state index in [1.807, 2.05) is 0 Å². The first kappa shape index (κ1) is 17.2. The zero-order valence-electron chi connectivity index (χ0n) is 11.2. The number of carbonyl (C=O) groups is 2. The van der Waals surface area contributed by atoms with Crippen LogP contribution in [0, 0.1) is 0 Å². The van der Waals surface area contributed by atoms with Crippen molar-refractivity contribution in [3.8, 4) is 0 Å². The smallest absolute Gasteiger partial charge is 0.409 e. The van der Waals surface area contributed by atoms with Crippen molar-refractivity contribution in [2.75, 3.05) is 52.9 Å². The minimum atomic E-state index is -0.333. The molecule has 0 N–H and O–H groups in total. The fraction of sp³-hybridized carbons (Fsp3) is 0.800. The number of carbonyl (C=O) groups excluding carboxylic acids is 2. The van der Waals surface area contributed by atoms with Gasteiger partial charge in [-0.15, -0.1) is 0 Å². The molecule has 0 aromatic carbocycles. The van der Waals surface area contributed by atoms with Gasteiger partial charge < -0.3 is 19.3 Å². The number of rotatable bonds is 7. The lowest BCUT2D eigenvalue weighted by atomic mass is 10.8. The first-order valence-electron chi connectivity index (χ1n) is 5.37. The number of hydrogen-bond acceptors (Lipinski definition) is 6. The molecular formula is C10H20N2O4S2. The SMILES string of the molecule is CN(C)C(=O)OCCSSCCOC(=O)N(C)C. The lowest BCUT2D eigenvalue weighted by molar-refractivity contribution is 0.124. The Morgan fingerprint density at radius 2 is 1.17 bits per heavy atom. The van der Waals surface area contributed by atoms with E-state index in [4.69, 9.17) is 9.47 Å². The minimum Gasteiger partial charge on any atom is -0.449 e. The van der Waals surface area contributed by atoms with Gasteiger partial charge in [0.25, 0.3) is 0 Å². The summed E-state index contributed by atoms with van der Waals surface area (Å²) in [6.45, 7) is 0.762. The van der Waals surface area contributed by atoms with Crippen molar-refractivity contribution >= 4 is 33.8 Å². The largest absolute Gasteiger partial charge is 0.449 e. The molecule has 0 saturated carbocycles. The van der Waals surface area contributed by atoms with Gasteiger partial charge in [-0.3, -0.25) is 0 Å². The van der Waals surface area contributed by atoms with Gasteiger partial charge in [0.05, 0.1) is 0 Å². The van der Waals surface area contributed by atoms with Crippen LogP contribution < -0.4 is 0 Å². The molecule has 0 atom stereocenters. The van der Waals surface area contributed by atoms with Crippen LogP contribution in [0.4, 0.5) is 9.59 Å². The van der Waals surface area contributed by atoms with E-state index in [0.717, 1.165) is 0 Å². The molecule has 0 aromatic heterocycles. The van der Waals surface area contributed by atoms with Crippen LogP contribution in [0.25, 0.3) is 0 Å². The summed E-state index contributed by atoms with van der Waals surface area (Å²) in [5, 5.41) is 0. The van der Waals surface area contributed by atoms with Crippen molar-refractivity contribution < 1.29 is 19.1 Å². The molecule has 0 rings (SSSR count). The summed E-state index contributed by atoms with van der Waals surface area (Å²) in [6.07, 6.45) is -0.666. The average molecular weight is 296 g/mol. The monoisotopic (exact) mass is 296 g/mol. The molecule has 0 saturated heterocycles. The molecule has 2 amide bonds. The van der Waals surface area contributed by atoms with Crippen LogP contribution in [0.5, 0.6) is 0 Å². The van der Waals surface area contributed by atoms with Crippen molar-refractivity contribution in [2.45, 2.75) is 0 Å². The maximum absolute atomic E-state index is 11.0. The second-order valence-electron chi connectivity index (χ2n) is 3.66. The molecule has 106 valence electrons. The number of nitrogens with zero attached hydrogens (tertiary/aromatic N) is 2. The molecule has 0 fully saturated rings. The average Bonchev–Trinajstić information content (AvgIpc) is 2.31. The van der Waals surface area contributed by atoms with Gasteiger partial charge in [-0.05, 0) is 0 Å². The van der Waals surface area contributed by atoms with E-state index in [1.54, 1.807) is 49.8 Å². The molecule has 0 heterocycles. The predicted octanol–water partition coefficient (Wildman–Crippen LogP) is 1.76. The van der Waals surface area contributed by atoms with Gasteiger partial charge in [0.15, 0.2) is 0 Å². The molecule has 0 bridgehead atoms. The lowest BCUT2D eigenvalue weighted by Gasteiger charge is -2.11. The molecule has 0 radical (unpaired) electrons. The standard InChI is InChI=1S/C10H20N2O4S2/c1-11(2)9(13)15-5-7-17-18-8-6-16-10(14)12(3)4/h5-8H2,1-4H3. The van der Waals surface area contributed by atoms with Crippen LogP contribution in [-0.2, 0) is 9.47 Å². The molecule has 0 aliphatic heterocycles. The van der Waals surface area contributed by atoms with Crippen LogP contribution in [-0.4, -0.2) is 74.9 Å². The highest BCUT2D eigenvalue weighted by Crippen LogP contribution is 2.20. The topological polar surface area (TPSA) is 59.1 Å². The summed E-state index contributed by atoms with van der Waals surface area (Å²) in [7, 11) is 9.73. The van der Waals surface area contributed by atoms with Crippen LogP contribution in [0.15, 0.2) is 0 Å². The molecule has 8 heteroatoms. The summed E-state index contributed by atoms with van der Waals surface area (Å²) in [5.74, 6) is 1.43. The van der Waals surface area contributed by atoms with Crippen molar-refractivity contribution in [3.63, 3.8) is 0 Å². The zero-order chi connectivity index (χ0) is 14.0. The molecule has 0 unspecified atom stereocenters. The van der Waals surface area contributed by atoms with Gasteiger partial charge in [0.2, 0.25) is 0 Å². The quantitative estimate of drug-likeness (QED) is 0.527. The van der Waals surface area contributed by atoms with Gasteiger partial charge in [-0.2, -0.15) is 0 Å². The summed E-state index contributed by atoms with van der Waals surface area (Å²) < 4.78 is 9.88. The Morgan fingerprint density at radius 1 is 0.833 bits per heavy atom. The Bertz CT molecular complexity index is 236. The van der Waals surface area contributed by atoms with E-state index >= 15 is 0 Å². The van der Waals surface area contributed by atoms with Gasteiger partial charge in [-0.25, -0.2) is 9.59 Å². The van der Waals surface area contributed by atoms with Crippen molar-refractivity contribution in [2.24, 2.45) is 0 Å². The predicted molar refractivity (Wildman–Crippen MR) is 75.0 cm³/mol. The van der Waals surface area contributed by atoms with Crippen molar-refractivity contribution in [1.82, 2.24) is 9.80 Å². The highest BCUT2D eigenvalue weighted by atomic mass is 33.1. The Labute approximate surface area is 116 Å². The lowest BCUT2D eigenvalue weighted by Crippen LogP contribution is -2.23. The van der Waals surface area contributed by atoms with Gasteiger partial charge in [-0.1, -0.05) is 21.6 Å². The van der Waals surface area contributed by atoms with Crippen molar-refractivity contribution in [1.29, 1.82) is 0 Å². The molecule has 0 aliphatic rings. The van der Waals surface area contributed by atoms with Gasteiger partial charge in [0.1, 0.15) is 13.2 Å². The minimum absolute atomic E-state index is 0.333. The van der Waals surface area contributed by atoms with E-state index in [9.17, 15) is 9.59 Å². The normalized spacial score (nSPS) is 9.78. The Morgan fingerprint density at radius 3 is 1.44 bits per heavy atom. The fourth-order valence-corrected chi connectivity index (χ4v) is 2.36. The molecule has 0 aliphatic carbocycles. The first-order valence-corrected chi connectivity index (χ1v) is 7.86. The van der Waals surface area contributed by atoms with E-state index in [0.29, 0.717) is 24.7 Å². The number of ether oxygens (including phenoxy) is 2. The molecule has 6 nitrogen and oxygen atoms in total. The third kappa shape index (κ3) is 9.29. The van der Waals surface area contributed by atoms with Crippen LogP contribution in [0.1, 0.15) is 0 Å². The Kier molecular flexibility index (Phi) is 9.76. The summed E-state index contributed by atoms with van der Waals surface area (Å²) >= 11 is 0. The second-order valence-corrected chi connectivity index (χ2v) is 6.36. The van der Waals surface area contributed by atoms with E-state index in [1.165, 1.54) is 9.80 Å². The van der Waals surface area contributed by atoms with E-state index in [2.05, 4.69) is 0 Å². The number of hydrogen-bond donors (Lipinski definition) is 0. The van der Waals surface area contributed by atoms with E-state index in [-0.39, 0.29) is 12.2 Å². The zero-order valence-corrected chi connectivity index (χ0v) is 12.8. The highest BCUT2D eigenvalue weighted by molar-refractivity contribution is 8.76. The maximum Gasteiger partial charge on any atom is 0.409 e. The third-order valence-electron chi connectivity index (χ3n) is 1.60. The third-order valence-corrected chi connectivity index (χ3v) is 3.93. The highest BCUT2D eigenvalue weighted by Gasteiger charge is 2.05. The molecule has 0 spiro atoms. The van der Waals surface area contributed by atoms with E-state index < -0.39 is 0 Å². The summed E-state index contributed by atoms with van der Waals surface area (Å²) in [5.41, 5.74) is 0. The fourth-order valence-electron chi connectivity index (χ4n) is 0.702. The molecule has 18 heavy (non-hydrogen) atoms. The Balaban J connectivity index is 3.27. The molecule has 0 aromatic rings. The van der Waals surface area contributed by atoms with Crippen molar-refractivity contribution in [3.05, 3.63) is 0 Å².